The van der Waals surface area contributed by atoms with E-state index in [1.54, 1.807) is 0 Å². The molecule has 0 amide bonds. The third-order valence-electron chi connectivity index (χ3n) is 3.32. The van der Waals surface area contributed by atoms with Crippen molar-refractivity contribution in [3.05, 3.63) is 27.7 Å². The zero-order chi connectivity index (χ0) is 12.5. The van der Waals surface area contributed by atoms with Gasteiger partial charge in [-0.15, -0.1) is 0 Å². The zero-order valence-corrected chi connectivity index (χ0v) is 12.0. The highest BCUT2D eigenvalue weighted by molar-refractivity contribution is 9.10. The SMILES string of the molecule is CCC(C#N)(Nc1ccc(Cl)c(Br)c1)C1CC1. The first-order valence-corrected chi connectivity index (χ1v) is 6.93. The molecule has 1 aliphatic rings. The van der Waals surface area contributed by atoms with Crippen LogP contribution in [0.3, 0.4) is 0 Å². The summed E-state index contributed by atoms with van der Waals surface area (Å²) in [5, 5.41) is 13.5. The number of benzene rings is 1. The summed E-state index contributed by atoms with van der Waals surface area (Å²) >= 11 is 9.35. The summed E-state index contributed by atoms with van der Waals surface area (Å²) in [6.07, 6.45) is 3.10. The molecule has 0 heterocycles. The summed E-state index contributed by atoms with van der Waals surface area (Å²) in [7, 11) is 0. The molecular weight excluding hydrogens is 300 g/mol. The van der Waals surface area contributed by atoms with Crippen molar-refractivity contribution in [1.29, 1.82) is 5.26 Å². The highest BCUT2D eigenvalue weighted by Gasteiger charge is 2.44. The topological polar surface area (TPSA) is 35.8 Å². The summed E-state index contributed by atoms with van der Waals surface area (Å²) < 4.78 is 0.850. The summed E-state index contributed by atoms with van der Waals surface area (Å²) in [5.74, 6) is 0.479. The summed E-state index contributed by atoms with van der Waals surface area (Å²) in [5.41, 5.74) is 0.518. The third kappa shape index (κ3) is 2.59. The minimum absolute atomic E-state index is 0.423. The van der Waals surface area contributed by atoms with Crippen molar-refractivity contribution in [3.63, 3.8) is 0 Å². The smallest absolute Gasteiger partial charge is 0.127 e. The average Bonchev–Trinajstić information content (AvgIpc) is 3.15. The minimum Gasteiger partial charge on any atom is -0.367 e. The van der Waals surface area contributed by atoms with E-state index in [2.05, 4.69) is 34.2 Å². The number of hydrogen-bond donors (Lipinski definition) is 1. The maximum atomic E-state index is 9.42. The van der Waals surface area contributed by atoms with Gasteiger partial charge in [-0.3, -0.25) is 0 Å². The molecule has 1 aliphatic carbocycles. The lowest BCUT2D eigenvalue weighted by molar-refractivity contribution is 0.499. The molecule has 0 radical (unpaired) electrons. The molecule has 1 saturated carbocycles. The fourth-order valence-corrected chi connectivity index (χ4v) is 2.58. The summed E-state index contributed by atoms with van der Waals surface area (Å²) in [6.45, 7) is 2.06. The van der Waals surface area contributed by atoms with E-state index in [9.17, 15) is 5.26 Å². The molecule has 90 valence electrons. The van der Waals surface area contributed by atoms with E-state index in [4.69, 9.17) is 11.6 Å². The van der Waals surface area contributed by atoms with Gasteiger partial charge in [-0.05, 0) is 59.3 Å². The number of nitrogens with zero attached hydrogens (tertiary/aromatic N) is 1. The van der Waals surface area contributed by atoms with Crippen LogP contribution in [0.4, 0.5) is 5.69 Å². The minimum atomic E-state index is -0.423. The first kappa shape index (κ1) is 12.7. The van der Waals surface area contributed by atoms with Crippen LogP contribution in [0.15, 0.2) is 22.7 Å². The number of anilines is 1. The highest BCUT2D eigenvalue weighted by Crippen LogP contribution is 2.43. The van der Waals surface area contributed by atoms with Gasteiger partial charge in [0, 0.05) is 10.2 Å². The summed E-state index contributed by atoms with van der Waals surface area (Å²) in [4.78, 5) is 0. The van der Waals surface area contributed by atoms with Gasteiger partial charge in [-0.25, -0.2) is 0 Å². The number of hydrogen-bond acceptors (Lipinski definition) is 2. The van der Waals surface area contributed by atoms with Crippen molar-refractivity contribution in [2.24, 2.45) is 5.92 Å². The Morgan fingerprint density at radius 2 is 2.29 bits per heavy atom. The molecule has 17 heavy (non-hydrogen) atoms. The molecule has 4 heteroatoms. The Hall–Kier alpha value is -0.720. The van der Waals surface area contributed by atoms with Crippen molar-refractivity contribution in [2.75, 3.05) is 5.32 Å². The molecule has 0 aromatic heterocycles. The van der Waals surface area contributed by atoms with Crippen LogP contribution in [-0.4, -0.2) is 5.54 Å². The normalized spacial score (nSPS) is 18.2. The van der Waals surface area contributed by atoms with Crippen LogP contribution < -0.4 is 5.32 Å². The van der Waals surface area contributed by atoms with E-state index in [1.807, 2.05) is 18.2 Å². The van der Waals surface area contributed by atoms with Crippen molar-refractivity contribution in [3.8, 4) is 6.07 Å². The van der Waals surface area contributed by atoms with E-state index in [0.29, 0.717) is 10.9 Å². The fourth-order valence-electron chi connectivity index (χ4n) is 2.09. The van der Waals surface area contributed by atoms with Crippen LogP contribution in [0.25, 0.3) is 0 Å². The van der Waals surface area contributed by atoms with Gasteiger partial charge in [0.1, 0.15) is 5.54 Å². The molecule has 1 fully saturated rings. The standard InChI is InChI=1S/C13H14BrClN2/c1-2-13(8-16,9-3-4-9)17-10-5-6-12(15)11(14)7-10/h5-7,9,17H,2-4H2,1H3. The molecule has 0 bridgehead atoms. The molecular formula is C13H14BrClN2. The fraction of sp³-hybridized carbons (Fsp3) is 0.462. The predicted molar refractivity (Wildman–Crippen MR) is 74.1 cm³/mol. The van der Waals surface area contributed by atoms with E-state index in [-0.39, 0.29) is 0 Å². The number of rotatable bonds is 4. The van der Waals surface area contributed by atoms with Gasteiger partial charge in [0.25, 0.3) is 0 Å². The van der Waals surface area contributed by atoms with Crippen LogP contribution in [0.2, 0.25) is 5.02 Å². The molecule has 2 nitrogen and oxygen atoms in total. The second kappa shape index (κ2) is 4.88. The highest BCUT2D eigenvalue weighted by atomic mass is 79.9. The molecule has 1 aromatic carbocycles. The number of nitriles is 1. The molecule has 2 rings (SSSR count). The lowest BCUT2D eigenvalue weighted by atomic mass is 9.91. The van der Waals surface area contributed by atoms with Crippen LogP contribution in [-0.2, 0) is 0 Å². The van der Waals surface area contributed by atoms with Crippen molar-refractivity contribution < 1.29 is 0 Å². The first-order chi connectivity index (χ1) is 8.11. The van der Waals surface area contributed by atoms with Gasteiger partial charge >= 0.3 is 0 Å². The van der Waals surface area contributed by atoms with Crippen LogP contribution >= 0.6 is 27.5 Å². The Balaban J connectivity index is 2.23. The second-order valence-electron chi connectivity index (χ2n) is 4.46. The van der Waals surface area contributed by atoms with Gasteiger partial charge in [0.15, 0.2) is 0 Å². The van der Waals surface area contributed by atoms with Gasteiger partial charge in [0.2, 0.25) is 0 Å². The van der Waals surface area contributed by atoms with Crippen LogP contribution in [0.5, 0.6) is 0 Å². The molecule has 1 atom stereocenters. The zero-order valence-electron chi connectivity index (χ0n) is 9.63. The van der Waals surface area contributed by atoms with Crippen LogP contribution in [0.1, 0.15) is 26.2 Å². The van der Waals surface area contributed by atoms with Gasteiger partial charge in [0.05, 0.1) is 11.1 Å². The monoisotopic (exact) mass is 312 g/mol. The Bertz CT molecular complexity index is 465. The van der Waals surface area contributed by atoms with E-state index in [0.717, 1.165) is 29.4 Å². The average molecular weight is 314 g/mol. The molecule has 0 saturated heterocycles. The Labute approximate surface area is 115 Å². The Kier molecular flexibility index (Phi) is 3.65. The molecule has 0 aliphatic heterocycles. The summed E-state index contributed by atoms with van der Waals surface area (Å²) in [6, 6.07) is 8.12. The second-order valence-corrected chi connectivity index (χ2v) is 5.73. The third-order valence-corrected chi connectivity index (χ3v) is 4.53. The lowest BCUT2D eigenvalue weighted by Gasteiger charge is -2.27. The Morgan fingerprint density at radius 3 is 2.76 bits per heavy atom. The van der Waals surface area contributed by atoms with E-state index >= 15 is 0 Å². The van der Waals surface area contributed by atoms with Crippen molar-refractivity contribution in [2.45, 2.75) is 31.7 Å². The van der Waals surface area contributed by atoms with Crippen LogP contribution in [0, 0.1) is 17.2 Å². The molecule has 0 spiro atoms. The van der Waals surface area contributed by atoms with Gasteiger partial charge in [-0.2, -0.15) is 5.26 Å². The number of halogens is 2. The maximum absolute atomic E-state index is 9.42. The Morgan fingerprint density at radius 1 is 1.59 bits per heavy atom. The largest absolute Gasteiger partial charge is 0.367 e. The van der Waals surface area contributed by atoms with E-state index < -0.39 is 5.54 Å². The van der Waals surface area contributed by atoms with Gasteiger partial charge < -0.3 is 5.32 Å². The predicted octanol–water partition coefficient (Wildman–Crippen LogP) is 4.60. The molecule has 1 N–H and O–H groups in total. The van der Waals surface area contributed by atoms with E-state index in [1.165, 1.54) is 0 Å². The lowest BCUT2D eigenvalue weighted by Crippen LogP contribution is -2.38. The van der Waals surface area contributed by atoms with Gasteiger partial charge in [-0.1, -0.05) is 18.5 Å². The molecule has 1 unspecified atom stereocenters. The first-order valence-electron chi connectivity index (χ1n) is 5.76. The number of nitrogens with one attached hydrogen (secondary N) is 1. The molecule has 1 aromatic rings. The van der Waals surface area contributed by atoms with Crippen molar-refractivity contribution >= 4 is 33.2 Å². The van der Waals surface area contributed by atoms with Crippen molar-refractivity contribution in [1.82, 2.24) is 0 Å². The quantitative estimate of drug-likeness (QED) is 0.882. The maximum Gasteiger partial charge on any atom is 0.127 e.